The van der Waals surface area contributed by atoms with E-state index >= 15 is 0 Å². The zero-order valence-electron chi connectivity index (χ0n) is 8.28. The Morgan fingerprint density at radius 1 is 1.36 bits per heavy atom. The molecule has 2 heterocycles. The van der Waals surface area contributed by atoms with Gasteiger partial charge in [0.2, 0.25) is 0 Å². The van der Waals surface area contributed by atoms with Crippen LogP contribution in [0, 0.1) is 0 Å². The lowest BCUT2D eigenvalue weighted by molar-refractivity contribution is -0.118. The maximum Gasteiger partial charge on any atom is 0.254 e. The van der Waals surface area contributed by atoms with Crippen LogP contribution in [0.4, 0.5) is 0 Å². The van der Waals surface area contributed by atoms with Crippen LogP contribution in [0.5, 0.6) is 0 Å². The van der Waals surface area contributed by atoms with Crippen LogP contribution < -0.4 is 0 Å². The van der Waals surface area contributed by atoms with Crippen LogP contribution >= 0.6 is 0 Å². The Labute approximate surface area is 81.9 Å². The lowest BCUT2D eigenvalue weighted by Gasteiger charge is -2.13. The number of carbonyl (C=O) groups is 2. The van der Waals surface area contributed by atoms with E-state index in [4.69, 9.17) is 0 Å². The van der Waals surface area contributed by atoms with Crippen molar-refractivity contribution in [3.05, 3.63) is 17.5 Å². The molecule has 0 saturated carbocycles. The van der Waals surface area contributed by atoms with Gasteiger partial charge < -0.3 is 0 Å². The highest BCUT2D eigenvalue weighted by molar-refractivity contribution is 6.02. The molecular weight excluding hydrogens is 180 g/mol. The van der Waals surface area contributed by atoms with Gasteiger partial charge in [0.15, 0.2) is 0 Å². The second-order valence-electron chi connectivity index (χ2n) is 3.90. The molecule has 74 valence electrons. The first-order valence-corrected chi connectivity index (χ1v) is 4.71. The van der Waals surface area contributed by atoms with Crippen LogP contribution in [0.15, 0.2) is 6.20 Å². The SMILES string of the molecule is CC(C)c1cnn2c1CC(=O)CC2=O. The van der Waals surface area contributed by atoms with Gasteiger partial charge in [0, 0.05) is 6.42 Å². The first-order chi connectivity index (χ1) is 6.59. The Balaban J connectivity index is 2.51. The molecule has 0 saturated heterocycles. The fourth-order valence-corrected chi connectivity index (χ4v) is 1.75. The van der Waals surface area contributed by atoms with E-state index in [1.807, 2.05) is 13.8 Å². The molecule has 4 heteroatoms. The number of nitrogens with zero attached hydrogens (tertiary/aromatic N) is 2. The third-order valence-electron chi connectivity index (χ3n) is 2.47. The second-order valence-corrected chi connectivity index (χ2v) is 3.90. The predicted octanol–water partition coefficient (Wildman–Crippen LogP) is 1.16. The summed E-state index contributed by atoms with van der Waals surface area (Å²) in [5.41, 5.74) is 1.78. The highest BCUT2D eigenvalue weighted by Crippen LogP contribution is 2.22. The molecule has 0 radical (unpaired) electrons. The largest absolute Gasteiger partial charge is 0.299 e. The maximum absolute atomic E-state index is 11.4. The average molecular weight is 192 g/mol. The van der Waals surface area contributed by atoms with E-state index in [0.717, 1.165) is 11.3 Å². The number of hydrogen-bond donors (Lipinski definition) is 0. The van der Waals surface area contributed by atoms with Gasteiger partial charge in [-0.25, -0.2) is 4.68 Å². The molecule has 1 aromatic rings. The Morgan fingerprint density at radius 2 is 2.07 bits per heavy atom. The van der Waals surface area contributed by atoms with Gasteiger partial charge in [-0.15, -0.1) is 0 Å². The molecule has 0 bridgehead atoms. The van der Waals surface area contributed by atoms with Crippen LogP contribution in [0.1, 0.15) is 42.2 Å². The van der Waals surface area contributed by atoms with E-state index in [0.29, 0.717) is 12.3 Å². The number of aromatic nitrogens is 2. The first-order valence-electron chi connectivity index (χ1n) is 4.71. The lowest BCUT2D eigenvalue weighted by Crippen LogP contribution is -2.27. The normalized spacial score (nSPS) is 16.2. The number of ketones is 1. The molecule has 0 aromatic carbocycles. The van der Waals surface area contributed by atoms with Crippen molar-refractivity contribution in [1.82, 2.24) is 9.78 Å². The van der Waals surface area contributed by atoms with Crippen molar-refractivity contribution in [2.75, 3.05) is 0 Å². The van der Waals surface area contributed by atoms with Crippen LogP contribution in [-0.4, -0.2) is 21.5 Å². The Bertz CT molecular complexity index is 404. The third-order valence-corrected chi connectivity index (χ3v) is 2.47. The zero-order valence-corrected chi connectivity index (χ0v) is 8.28. The summed E-state index contributed by atoms with van der Waals surface area (Å²) >= 11 is 0. The van der Waals surface area contributed by atoms with E-state index in [1.54, 1.807) is 6.20 Å². The average Bonchev–Trinajstić information content (AvgIpc) is 2.47. The predicted molar refractivity (Wildman–Crippen MR) is 50.3 cm³/mol. The summed E-state index contributed by atoms with van der Waals surface area (Å²) in [7, 11) is 0. The van der Waals surface area contributed by atoms with E-state index in [2.05, 4.69) is 5.10 Å². The van der Waals surface area contributed by atoms with Crippen molar-refractivity contribution in [3.8, 4) is 0 Å². The van der Waals surface area contributed by atoms with Crippen molar-refractivity contribution in [3.63, 3.8) is 0 Å². The molecular formula is C10H12N2O2. The summed E-state index contributed by atoms with van der Waals surface area (Å²) in [5.74, 6) is 0.0884. The van der Waals surface area contributed by atoms with Gasteiger partial charge in [-0.05, 0) is 11.5 Å². The van der Waals surface area contributed by atoms with Gasteiger partial charge >= 0.3 is 0 Å². The Hall–Kier alpha value is -1.45. The minimum atomic E-state index is -0.205. The van der Waals surface area contributed by atoms with Crippen LogP contribution in [0.2, 0.25) is 0 Å². The van der Waals surface area contributed by atoms with Crippen LogP contribution in [0.3, 0.4) is 0 Å². The number of Topliss-reactive ketones (excluding diaryl/α,β-unsaturated/α-hetero) is 1. The standard InChI is InChI=1S/C10H12N2O2/c1-6(2)8-5-11-12-9(8)3-7(13)4-10(12)14/h5-6H,3-4H2,1-2H3. The summed E-state index contributed by atoms with van der Waals surface area (Å²) in [4.78, 5) is 22.7. The van der Waals surface area contributed by atoms with Crippen molar-refractivity contribution < 1.29 is 9.59 Å². The zero-order chi connectivity index (χ0) is 10.3. The molecule has 0 aliphatic carbocycles. The fourth-order valence-electron chi connectivity index (χ4n) is 1.75. The monoisotopic (exact) mass is 192 g/mol. The summed E-state index contributed by atoms with van der Waals surface area (Å²) < 4.78 is 1.37. The number of fused-ring (bicyclic) bond motifs is 1. The Kier molecular flexibility index (Phi) is 1.98. The van der Waals surface area contributed by atoms with Crippen LogP contribution in [0.25, 0.3) is 0 Å². The van der Waals surface area contributed by atoms with Gasteiger partial charge in [0.25, 0.3) is 5.91 Å². The van der Waals surface area contributed by atoms with E-state index in [1.165, 1.54) is 4.68 Å². The lowest BCUT2D eigenvalue weighted by atomic mass is 9.98. The van der Waals surface area contributed by atoms with Crippen LogP contribution in [-0.2, 0) is 11.2 Å². The maximum atomic E-state index is 11.4. The topological polar surface area (TPSA) is 52.0 Å². The minimum absolute atomic E-state index is 0.00772. The molecule has 0 spiro atoms. The highest BCUT2D eigenvalue weighted by atomic mass is 16.2. The summed E-state index contributed by atoms with van der Waals surface area (Å²) in [5, 5.41) is 4.01. The van der Waals surface area contributed by atoms with E-state index < -0.39 is 0 Å². The second kappa shape index (κ2) is 3.04. The Morgan fingerprint density at radius 3 is 2.71 bits per heavy atom. The highest BCUT2D eigenvalue weighted by Gasteiger charge is 2.26. The third kappa shape index (κ3) is 1.27. The smallest absolute Gasteiger partial charge is 0.254 e. The molecule has 0 fully saturated rings. The quantitative estimate of drug-likeness (QED) is 0.627. The fraction of sp³-hybridized carbons (Fsp3) is 0.500. The molecule has 1 aliphatic heterocycles. The molecule has 4 nitrogen and oxygen atoms in total. The summed E-state index contributed by atoms with van der Waals surface area (Å²) in [6.07, 6.45) is 2.03. The van der Waals surface area contributed by atoms with E-state index in [9.17, 15) is 9.59 Å². The molecule has 14 heavy (non-hydrogen) atoms. The van der Waals surface area contributed by atoms with Crippen molar-refractivity contribution >= 4 is 11.7 Å². The number of carbonyl (C=O) groups excluding carboxylic acids is 2. The summed E-state index contributed by atoms with van der Waals surface area (Å²) in [6, 6.07) is 0. The van der Waals surface area contributed by atoms with Crippen molar-refractivity contribution in [1.29, 1.82) is 0 Å². The van der Waals surface area contributed by atoms with Gasteiger partial charge in [-0.3, -0.25) is 9.59 Å². The summed E-state index contributed by atoms with van der Waals surface area (Å²) in [6.45, 7) is 4.06. The molecule has 1 aromatic heterocycles. The van der Waals surface area contributed by atoms with Crippen molar-refractivity contribution in [2.45, 2.75) is 32.6 Å². The minimum Gasteiger partial charge on any atom is -0.299 e. The molecule has 0 N–H and O–H groups in total. The van der Waals surface area contributed by atoms with Crippen molar-refractivity contribution in [2.24, 2.45) is 0 Å². The molecule has 2 rings (SSSR count). The number of rotatable bonds is 1. The molecule has 0 unspecified atom stereocenters. The van der Waals surface area contributed by atoms with Gasteiger partial charge in [-0.2, -0.15) is 5.10 Å². The van der Waals surface area contributed by atoms with E-state index in [-0.39, 0.29) is 18.1 Å². The van der Waals surface area contributed by atoms with Gasteiger partial charge in [0.1, 0.15) is 5.78 Å². The molecule has 1 aliphatic rings. The molecule has 0 atom stereocenters. The number of hydrogen-bond acceptors (Lipinski definition) is 3. The molecule has 0 amide bonds. The first kappa shape index (κ1) is 9.12. The van der Waals surface area contributed by atoms with Gasteiger partial charge in [0.05, 0.1) is 18.3 Å². The van der Waals surface area contributed by atoms with Gasteiger partial charge in [-0.1, -0.05) is 13.8 Å².